The maximum Gasteiger partial charge on any atom is 0.333 e. The van der Waals surface area contributed by atoms with E-state index in [9.17, 15) is 9.59 Å². The van der Waals surface area contributed by atoms with Gasteiger partial charge in [-0.1, -0.05) is 19.4 Å². The van der Waals surface area contributed by atoms with Crippen LogP contribution in [-0.4, -0.2) is 25.2 Å². The topological polar surface area (TPSA) is 52.6 Å². The summed E-state index contributed by atoms with van der Waals surface area (Å²) in [6, 6.07) is 0. The first-order valence-electron chi connectivity index (χ1n) is 7.45. The lowest BCUT2D eigenvalue weighted by atomic mass is 9.80. The van der Waals surface area contributed by atoms with Gasteiger partial charge in [0, 0.05) is 12.5 Å². The molecule has 0 bridgehead atoms. The summed E-state index contributed by atoms with van der Waals surface area (Å²) in [7, 11) is 0. The highest BCUT2D eigenvalue weighted by Crippen LogP contribution is 2.31. The lowest BCUT2D eigenvalue weighted by molar-refractivity contribution is -0.143. The van der Waals surface area contributed by atoms with E-state index in [2.05, 4.69) is 6.58 Å². The Hall–Kier alpha value is -1.32. The maximum atomic E-state index is 11.2. The van der Waals surface area contributed by atoms with E-state index in [1.807, 2.05) is 0 Å². The standard InChI is InChI=1S/C16H26O4/c1-12(2)16(18)19-10-4-5-14-6-8-15(9-7-14)11-20-13(3)17/h14-15H,1,4-11H2,2-3H3. The van der Waals surface area contributed by atoms with Crippen LogP contribution in [0.3, 0.4) is 0 Å². The Morgan fingerprint density at radius 3 is 2.20 bits per heavy atom. The minimum Gasteiger partial charge on any atom is -0.466 e. The second-order valence-electron chi connectivity index (χ2n) is 5.75. The Labute approximate surface area is 121 Å². The number of hydrogen-bond donors (Lipinski definition) is 0. The minimum absolute atomic E-state index is 0.188. The van der Waals surface area contributed by atoms with Crippen molar-refractivity contribution in [1.82, 2.24) is 0 Å². The van der Waals surface area contributed by atoms with E-state index >= 15 is 0 Å². The lowest BCUT2D eigenvalue weighted by Crippen LogP contribution is -2.20. The van der Waals surface area contributed by atoms with Gasteiger partial charge in [0.2, 0.25) is 0 Å². The molecular weight excluding hydrogens is 256 g/mol. The zero-order valence-electron chi connectivity index (χ0n) is 12.7. The molecule has 1 rings (SSSR count). The van der Waals surface area contributed by atoms with Gasteiger partial charge >= 0.3 is 11.9 Å². The Morgan fingerprint density at radius 1 is 1.05 bits per heavy atom. The van der Waals surface area contributed by atoms with Crippen LogP contribution in [0.15, 0.2) is 12.2 Å². The number of carbonyl (C=O) groups is 2. The molecule has 0 atom stereocenters. The van der Waals surface area contributed by atoms with Crippen LogP contribution in [0.5, 0.6) is 0 Å². The molecule has 0 N–H and O–H groups in total. The summed E-state index contributed by atoms with van der Waals surface area (Å²) < 4.78 is 10.1. The average molecular weight is 282 g/mol. The van der Waals surface area contributed by atoms with Gasteiger partial charge in [-0.05, 0) is 44.4 Å². The summed E-state index contributed by atoms with van der Waals surface area (Å²) in [6.45, 7) is 7.72. The molecule has 4 heteroatoms. The highest BCUT2D eigenvalue weighted by molar-refractivity contribution is 5.86. The summed E-state index contributed by atoms with van der Waals surface area (Å²) in [5, 5.41) is 0. The predicted molar refractivity (Wildman–Crippen MR) is 77.1 cm³/mol. The molecule has 0 radical (unpaired) electrons. The minimum atomic E-state index is -0.296. The molecule has 0 aromatic rings. The van der Waals surface area contributed by atoms with Gasteiger partial charge < -0.3 is 9.47 Å². The fraction of sp³-hybridized carbons (Fsp3) is 0.750. The number of ether oxygens (including phenoxy) is 2. The summed E-state index contributed by atoms with van der Waals surface area (Å²) >= 11 is 0. The zero-order chi connectivity index (χ0) is 15.0. The van der Waals surface area contributed by atoms with E-state index in [1.165, 1.54) is 19.8 Å². The van der Waals surface area contributed by atoms with Crippen LogP contribution in [0.25, 0.3) is 0 Å². The molecule has 0 aromatic carbocycles. The largest absolute Gasteiger partial charge is 0.466 e. The van der Waals surface area contributed by atoms with Gasteiger partial charge in [-0.15, -0.1) is 0 Å². The van der Waals surface area contributed by atoms with E-state index in [4.69, 9.17) is 9.47 Å². The van der Waals surface area contributed by atoms with Crippen LogP contribution in [-0.2, 0) is 19.1 Å². The van der Waals surface area contributed by atoms with Gasteiger partial charge in [0.15, 0.2) is 0 Å². The molecule has 0 saturated heterocycles. The molecule has 0 amide bonds. The molecular formula is C16H26O4. The van der Waals surface area contributed by atoms with E-state index in [0.29, 0.717) is 30.6 Å². The van der Waals surface area contributed by atoms with Crippen molar-refractivity contribution < 1.29 is 19.1 Å². The van der Waals surface area contributed by atoms with Crippen molar-refractivity contribution >= 4 is 11.9 Å². The molecule has 1 aliphatic rings. The second-order valence-corrected chi connectivity index (χ2v) is 5.75. The number of carbonyl (C=O) groups excluding carboxylic acids is 2. The molecule has 0 unspecified atom stereocenters. The Balaban J connectivity index is 2.06. The van der Waals surface area contributed by atoms with Gasteiger partial charge in [-0.3, -0.25) is 4.79 Å². The molecule has 0 aromatic heterocycles. The molecule has 20 heavy (non-hydrogen) atoms. The summed E-state index contributed by atoms with van der Waals surface area (Å²) in [4.78, 5) is 22.0. The molecule has 0 heterocycles. The molecule has 1 aliphatic carbocycles. The number of hydrogen-bond acceptors (Lipinski definition) is 4. The van der Waals surface area contributed by atoms with Crippen LogP contribution in [0.4, 0.5) is 0 Å². The molecule has 1 fully saturated rings. The van der Waals surface area contributed by atoms with Crippen molar-refractivity contribution in [2.24, 2.45) is 11.8 Å². The van der Waals surface area contributed by atoms with Gasteiger partial charge in [0.05, 0.1) is 13.2 Å². The second kappa shape index (κ2) is 8.77. The number of rotatable bonds is 7. The lowest BCUT2D eigenvalue weighted by Gasteiger charge is -2.28. The van der Waals surface area contributed by atoms with E-state index in [1.54, 1.807) is 6.92 Å². The first kappa shape index (κ1) is 16.7. The van der Waals surface area contributed by atoms with Gasteiger partial charge in [0.25, 0.3) is 0 Å². The molecule has 0 aliphatic heterocycles. The third-order valence-electron chi connectivity index (χ3n) is 3.83. The van der Waals surface area contributed by atoms with Crippen molar-refractivity contribution in [3.05, 3.63) is 12.2 Å². The van der Waals surface area contributed by atoms with E-state index < -0.39 is 0 Å². The highest BCUT2D eigenvalue weighted by Gasteiger charge is 2.21. The van der Waals surface area contributed by atoms with Crippen molar-refractivity contribution in [3.63, 3.8) is 0 Å². The van der Waals surface area contributed by atoms with Crippen molar-refractivity contribution in [2.45, 2.75) is 52.4 Å². The first-order chi connectivity index (χ1) is 9.49. The normalized spacial score (nSPS) is 22.1. The fourth-order valence-electron chi connectivity index (χ4n) is 2.58. The first-order valence-corrected chi connectivity index (χ1v) is 7.45. The molecule has 4 nitrogen and oxygen atoms in total. The van der Waals surface area contributed by atoms with Crippen molar-refractivity contribution in [3.8, 4) is 0 Å². The molecule has 0 spiro atoms. The Bertz CT molecular complexity index is 340. The third kappa shape index (κ3) is 6.73. The maximum absolute atomic E-state index is 11.2. The zero-order valence-corrected chi connectivity index (χ0v) is 12.7. The quantitative estimate of drug-likeness (QED) is 0.408. The van der Waals surface area contributed by atoms with Gasteiger partial charge in [-0.2, -0.15) is 0 Å². The average Bonchev–Trinajstić information content (AvgIpc) is 2.42. The predicted octanol–water partition coefficient (Wildman–Crippen LogP) is 3.26. The van der Waals surface area contributed by atoms with Crippen LogP contribution in [0.2, 0.25) is 0 Å². The summed E-state index contributed by atoms with van der Waals surface area (Å²) in [5.41, 5.74) is 0.455. The summed E-state index contributed by atoms with van der Waals surface area (Å²) in [5.74, 6) is 0.755. The third-order valence-corrected chi connectivity index (χ3v) is 3.83. The van der Waals surface area contributed by atoms with Gasteiger partial charge in [0.1, 0.15) is 0 Å². The number of esters is 2. The Morgan fingerprint density at radius 2 is 1.65 bits per heavy atom. The van der Waals surface area contributed by atoms with E-state index in [0.717, 1.165) is 25.7 Å². The smallest absolute Gasteiger partial charge is 0.333 e. The fourth-order valence-corrected chi connectivity index (χ4v) is 2.58. The van der Waals surface area contributed by atoms with Crippen molar-refractivity contribution in [1.29, 1.82) is 0 Å². The highest BCUT2D eigenvalue weighted by atomic mass is 16.5. The van der Waals surface area contributed by atoms with E-state index in [-0.39, 0.29) is 11.9 Å². The monoisotopic (exact) mass is 282 g/mol. The molecule has 114 valence electrons. The van der Waals surface area contributed by atoms with Crippen LogP contribution in [0.1, 0.15) is 52.4 Å². The van der Waals surface area contributed by atoms with Gasteiger partial charge in [-0.25, -0.2) is 4.79 Å². The van der Waals surface area contributed by atoms with Crippen LogP contribution in [0, 0.1) is 11.8 Å². The molecule has 1 saturated carbocycles. The Kier molecular flexibility index (Phi) is 7.34. The van der Waals surface area contributed by atoms with Crippen LogP contribution < -0.4 is 0 Å². The SMILES string of the molecule is C=C(C)C(=O)OCCCC1CCC(COC(C)=O)CC1. The van der Waals surface area contributed by atoms with Crippen LogP contribution >= 0.6 is 0 Å². The van der Waals surface area contributed by atoms with Crippen molar-refractivity contribution in [2.75, 3.05) is 13.2 Å². The summed E-state index contributed by atoms with van der Waals surface area (Å²) in [6.07, 6.45) is 6.63.